The molecular formula is C9H13N5O. The van der Waals surface area contributed by atoms with E-state index in [1.54, 1.807) is 0 Å². The minimum absolute atomic E-state index is 0.132. The molecule has 15 heavy (non-hydrogen) atoms. The fraction of sp³-hybridized carbons (Fsp3) is 0.556. The summed E-state index contributed by atoms with van der Waals surface area (Å²) in [6.45, 7) is 1.53. The molecule has 0 radical (unpaired) electrons. The van der Waals surface area contributed by atoms with Gasteiger partial charge in [-0.05, 0) is 12.8 Å². The minimum atomic E-state index is 0.132. The van der Waals surface area contributed by atoms with Gasteiger partial charge in [0.2, 0.25) is 0 Å². The summed E-state index contributed by atoms with van der Waals surface area (Å²) in [7, 11) is 0. The van der Waals surface area contributed by atoms with Crippen LogP contribution < -0.4 is 16.0 Å². The first-order valence-corrected chi connectivity index (χ1v) is 5.09. The summed E-state index contributed by atoms with van der Waals surface area (Å²) in [6.07, 6.45) is 3.78. The summed E-state index contributed by atoms with van der Waals surface area (Å²) in [4.78, 5) is 10.3. The predicted octanol–water partition coefficient (Wildman–Crippen LogP) is 0.385. The standard InChI is InChI=1S/C9H13N5O/c10-8-7-9(12-4-11-8)14(5-13-7)6-2-1-3-15-6/h4,6,13H,1-3,5H2,(H2,10,11,12). The van der Waals surface area contributed by atoms with E-state index in [0.717, 1.165) is 31.0 Å². The van der Waals surface area contributed by atoms with Crippen molar-refractivity contribution in [2.45, 2.75) is 19.1 Å². The second-order valence-electron chi connectivity index (χ2n) is 3.73. The van der Waals surface area contributed by atoms with Gasteiger partial charge in [0.1, 0.15) is 18.2 Å². The number of hydrogen-bond donors (Lipinski definition) is 2. The van der Waals surface area contributed by atoms with Gasteiger partial charge in [0.05, 0.1) is 6.67 Å². The van der Waals surface area contributed by atoms with Crippen LogP contribution in [0.2, 0.25) is 0 Å². The Morgan fingerprint density at radius 2 is 2.47 bits per heavy atom. The van der Waals surface area contributed by atoms with Gasteiger partial charge in [0.25, 0.3) is 0 Å². The number of hydrogen-bond acceptors (Lipinski definition) is 6. The highest BCUT2D eigenvalue weighted by molar-refractivity contribution is 5.79. The third-order valence-electron chi connectivity index (χ3n) is 2.81. The van der Waals surface area contributed by atoms with Gasteiger partial charge >= 0.3 is 0 Å². The first-order chi connectivity index (χ1) is 7.36. The highest BCUT2D eigenvalue weighted by Crippen LogP contribution is 2.35. The van der Waals surface area contributed by atoms with Gasteiger partial charge in [-0.15, -0.1) is 0 Å². The summed E-state index contributed by atoms with van der Waals surface area (Å²) < 4.78 is 5.62. The summed E-state index contributed by atoms with van der Waals surface area (Å²) in [5.74, 6) is 1.36. The highest BCUT2D eigenvalue weighted by Gasteiger charge is 2.31. The van der Waals surface area contributed by atoms with E-state index in [2.05, 4.69) is 20.2 Å². The van der Waals surface area contributed by atoms with Gasteiger partial charge in [-0.25, -0.2) is 9.97 Å². The molecule has 2 aliphatic rings. The van der Waals surface area contributed by atoms with Crippen molar-refractivity contribution >= 4 is 17.3 Å². The molecular weight excluding hydrogens is 194 g/mol. The molecule has 6 heteroatoms. The number of nitrogens with two attached hydrogens (primary N) is 1. The second kappa shape index (κ2) is 3.23. The van der Waals surface area contributed by atoms with E-state index in [1.165, 1.54) is 6.33 Å². The molecule has 3 rings (SSSR count). The number of ether oxygens (including phenoxy) is 1. The Morgan fingerprint density at radius 1 is 1.53 bits per heavy atom. The molecule has 0 amide bonds. The number of nitrogens with zero attached hydrogens (tertiary/aromatic N) is 3. The molecule has 80 valence electrons. The zero-order valence-corrected chi connectivity index (χ0v) is 8.31. The minimum Gasteiger partial charge on any atom is -0.382 e. The Hall–Kier alpha value is -1.56. The van der Waals surface area contributed by atoms with Gasteiger partial charge in [0, 0.05) is 6.61 Å². The Kier molecular flexibility index (Phi) is 1.88. The van der Waals surface area contributed by atoms with E-state index >= 15 is 0 Å². The van der Waals surface area contributed by atoms with Crippen molar-refractivity contribution in [3.05, 3.63) is 6.33 Å². The van der Waals surface area contributed by atoms with Crippen LogP contribution in [0.5, 0.6) is 0 Å². The van der Waals surface area contributed by atoms with E-state index in [1.807, 2.05) is 0 Å². The van der Waals surface area contributed by atoms with E-state index in [-0.39, 0.29) is 6.23 Å². The van der Waals surface area contributed by atoms with Crippen LogP contribution in [0.3, 0.4) is 0 Å². The molecule has 0 saturated carbocycles. The van der Waals surface area contributed by atoms with Crippen molar-refractivity contribution in [1.29, 1.82) is 0 Å². The molecule has 6 nitrogen and oxygen atoms in total. The summed E-state index contributed by atoms with van der Waals surface area (Å²) in [5, 5.41) is 3.19. The lowest BCUT2D eigenvalue weighted by atomic mass is 10.3. The Morgan fingerprint density at radius 3 is 3.27 bits per heavy atom. The average molecular weight is 207 g/mol. The van der Waals surface area contributed by atoms with Crippen LogP contribution in [-0.2, 0) is 4.74 Å². The monoisotopic (exact) mass is 207 g/mol. The molecule has 0 aliphatic carbocycles. The van der Waals surface area contributed by atoms with Crippen LogP contribution in [0.15, 0.2) is 6.33 Å². The van der Waals surface area contributed by atoms with E-state index < -0.39 is 0 Å². The van der Waals surface area contributed by atoms with Crippen molar-refractivity contribution in [3.63, 3.8) is 0 Å². The van der Waals surface area contributed by atoms with Crippen LogP contribution in [-0.4, -0.2) is 29.5 Å². The van der Waals surface area contributed by atoms with E-state index in [0.29, 0.717) is 12.5 Å². The molecule has 0 aromatic carbocycles. The number of anilines is 3. The summed E-state index contributed by atoms with van der Waals surface area (Å²) >= 11 is 0. The Bertz CT molecular complexity index is 377. The molecule has 0 bridgehead atoms. The summed E-state index contributed by atoms with van der Waals surface area (Å²) in [6, 6.07) is 0. The molecule has 1 unspecified atom stereocenters. The smallest absolute Gasteiger partial charge is 0.161 e. The van der Waals surface area contributed by atoms with Gasteiger partial charge in [-0.2, -0.15) is 0 Å². The van der Waals surface area contributed by atoms with Crippen LogP contribution in [0.4, 0.5) is 17.3 Å². The van der Waals surface area contributed by atoms with Crippen molar-refractivity contribution < 1.29 is 4.74 Å². The van der Waals surface area contributed by atoms with Crippen LogP contribution in [0.1, 0.15) is 12.8 Å². The van der Waals surface area contributed by atoms with Crippen LogP contribution in [0.25, 0.3) is 0 Å². The molecule has 1 fully saturated rings. The van der Waals surface area contributed by atoms with Crippen LogP contribution >= 0.6 is 0 Å². The predicted molar refractivity (Wildman–Crippen MR) is 56.4 cm³/mol. The molecule has 1 aromatic heterocycles. The third-order valence-corrected chi connectivity index (χ3v) is 2.81. The largest absolute Gasteiger partial charge is 0.382 e. The number of nitrogens with one attached hydrogen (secondary N) is 1. The summed E-state index contributed by atoms with van der Waals surface area (Å²) in [5.41, 5.74) is 6.58. The van der Waals surface area contributed by atoms with E-state index in [9.17, 15) is 0 Å². The maximum atomic E-state index is 5.75. The third kappa shape index (κ3) is 1.29. The van der Waals surface area contributed by atoms with Crippen molar-refractivity contribution in [2.75, 3.05) is 29.2 Å². The quantitative estimate of drug-likeness (QED) is 0.693. The molecule has 1 atom stereocenters. The Balaban J connectivity index is 1.94. The normalized spacial score (nSPS) is 24.0. The molecule has 2 aliphatic heterocycles. The zero-order valence-electron chi connectivity index (χ0n) is 8.31. The maximum Gasteiger partial charge on any atom is 0.161 e. The zero-order chi connectivity index (χ0) is 10.3. The molecule has 0 spiro atoms. The topological polar surface area (TPSA) is 76.3 Å². The fourth-order valence-corrected chi connectivity index (χ4v) is 2.06. The molecule has 3 N–H and O–H groups in total. The van der Waals surface area contributed by atoms with Crippen molar-refractivity contribution in [1.82, 2.24) is 9.97 Å². The number of fused-ring (bicyclic) bond motifs is 1. The number of rotatable bonds is 1. The van der Waals surface area contributed by atoms with E-state index in [4.69, 9.17) is 10.5 Å². The lowest BCUT2D eigenvalue weighted by molar-refractivity contribution is 0.109. The first-order valence-electron chi connectivity index (χ1n) is 5.09. The highest BCUT2D eigenvalue weighted by atomic mass is 16.5. The lowest BCUT2D eigenvalue weighted by Gasteiger charge is -2.23. The lowest BCUT2D eigenvalue weighted by Crippen LogP contribution is -2.34. The van der Waals surface area contributed by atoms with Gasteiger partial charge in [-0.1, -0.05) is 0 Å². The fourth-order valence-electron chi connectivity index (χ4n) is 2.06. The van der Waals surface area contributed by atoms with Gasteiger partial charge < -0.3 is 20.7 Å². The molecule has 1 saturated heterocycles. The number of nitrogen functional groups attached to an aromatic ring is 1. The maximum absolute atomic E-state index is 5.75. The Labute approximate surface area is 87.4 Å². The average Bonchev–Trinajstić information content (AvgIpc) is 2.85. The van der Waals surface area contributed by atoms with Crippen molar-refractivity contribution in [2.24, 2.45) is 0 Å². The molecule has 3 heterocycles. The molecule has 1 aromatic rings. The van der Waals surface area contributed by atoms with Crippen molar-refractivity contribution in [3.8, 4) is 0 Å². The van der Waals surface area contributed by atoms with Gasteiger partial charge in [0.15, 0.2) is 11.6 Å². The first kappa shape index (κ1) is 8.72. The number of aromatic nitrogens is 2. The van der Waals surface area contributed by atoms with Gasteiger partial charge in [-0.3, -0.25) is 0 Å². The SMILES string of the molecule is Nc1ncnc2c1NCN2C1CCCO1. The second-order valence-corrected chi connectivity index (χ2v) is 3.73. The van der Waals surface area contributed by atoms with Crippen LogP contribution in [0, 0.1) is 0 Å².